The van der Waals surface area contributed by atoms with Crippen LogP contribution in [0.3, 0.4) is 0 Å². The molecule has 1 fully saturated rings. The highest BCUT2D eigenvalue weighted by Crippen LogP contribution is 2.66. The van der Waals surface area contributed by atoms with Gasteiger partial charge in [0.25, 0.3) is 6.71 Å². The smallest absolute Gasteiger partial charge is 0.252 e. The number of nitrogens with zero attached hydrogens (tertiary/aromatic N) is 3. The number of anilines is 8. The van der Waals surface area contributed by atoms with Gasteiger partial charge in [-0.2, -0.15) is 0 Å². The van der Waals surface area contributed by atoms with Crippen molar-refractivity contribution in [2.24, 2.45) is 0 Å². The van der Waals surface area contributed by atoms with Crippen molar-refractivity contribution in [2.45, 2.75) is 108 Å². The third-order valence-electron chi connectivity index (χ3n) is 20.7. The second-order valence-corrected chi connectivity index (χ2v) is 26.0. The predicted molar refractivity (Wildman–Crippen MR) is 341 cm³/mol. The highest BCUT2D eigenvalue weighted by atomic mass is 15.3. The van der Waals surface area contributed by atoms with E-state index in [4.69, 9.17) is 0 Å². The zero-order valence-electron chi connectivity index (χ0n) is 49.7. The summed E-state index contributed by atoms with van der Waals surface area (Å²) >= 11 is 0. The molecular formula is C77H68BN3. The normalized spacial score (nSPS) is 19.7. The second kappa shape index (κ2) is 17.1. The van der Waals surface area contributed by atoms with Crippen LogP contribution in [0.15, 0.2) is 224 Å². The van der Waals surface area contributed by atoms with Gasteiger partial charge in [0.2, 0.25) is 0 Å². The molecule has 0 saturated heterocycles. The molecule has 2 aliphatic carbocycles. The SMILES string of the molecule is [2H]c1c2c3c(c([2H])c1N1c4ccccc4C4(C)CCCCCC14C)N1c4ccccc4C4(c5ccccc5-c5ccccc54)c4cccc(c41)B3c1ccc(C(C)(C)c3ccccc3)cc1N2c1ccc(C(C)(C)C)cc1-c1ccccc1. The number of benzene rings is 10. The highest BCUT2D eigenvalue weighted by Gasteiger charge is 2.59. The second-order valence-electron chi connectivity index (χ2n) is 26.0. The van der Waals surface area contributed by atoms with E-state index in [0.717, 1.165) is 88.5 Å². The molecule has 1 spiro atoms. The van der Waals surface area contributed by atoms with Crippen LogP contribution in [0.4, 0.5) is 45.5 Å². The lowest BCUT2D eigenvalue weighted by molar-refractivity contribution is 0.261. The molecule has 10 aromatic carbocycles. The van der Waals surface area contributed by atoms with Crippen molar-refractivity contribution >= 4 is 68.6 Å². The molecule has 0 aromatic heterocycles. The zero-order chi connectivity index (χ0) is 56.5. The van der Waals surface area contributed by atoms with Crippen LogP contribution < -0.4 is 31.1 Å². The Labute approximate surface area is 482 Å². The molecule has 81 heavy (non-hydrogen) atoms. The molecule has 394 valence electrons. The van der Waals surface area contributed by atoms with Gasteiger partial charge in [-0.15, -0.1) is 0 Å². The molecule has 10 aromatic rings. The maximum absolute atomic E-state index is 11.6. The first-order chi connectivity index (χ1) is 40.2. The standard InChI is InChI=1S/C77H68BN3/c1-73(2,3)52-41-43-65(57(46-52)50-26-11-8-12-27-50)79-68-47-53(74(4,5)51-28-13-9-14-29-51)40-42-63(68)78-64-37-25-36-62-72(64)80(66-38-21-20-35-61(66)77(62)58-32-17-15-30-55(58)56-31-16-18-33-59(56)77)70-49-54(48-69(79)71(70)78)81-67-39-22-19-34-60(67)75(6)44-23-10-24-45-76(75,81)7/h8-9,11-22,25-43,46-49H,10,23-24,44-45H2,1-7H3/i48D,49D. The van der Waals surface area contributed by atoms with Crippen LogP contribution in [0.5, 0.6) is 0 Å². The minimum Gasteiger partial charge on any atom is -0.334 e. The Hall–Kier alpha value is -8.34. The van der Waals surface area contributed by atoms with Gasteiger partial charge in [-0.25, -0.2) is 0 Å². The van der Waals surface area contributed by atoms with Gasteiger partial charge in [0.05, 0.1) is 25.1 Å². The quantitative estimate of drug-likeness (QED) is 0.159. The van der Waals surface area contributed by atoms with Crippen LogP contribution in [0, 0.1) is 0 Å². The van der Waals surface area contributed by atoms with E-state index in [1.54, 1.807) is 0 Å². The first kappa shape index (κ1) is 46.4. The Balaban J connectivity index is 1.09. The van der Waals surface area contributed by atoms with Gasteiger partial charge < -0.3 is 14.7 Å². The number of fused-ring (bicyclic) bond motifs is 16. The van der Waals surface area contributed by atoms with E-state index in [-0.39, 0.29) is 23.0 Å². The maximum Gasteiger partial charge on any atom is 0.252 e. The van der Waals surface area contributed by atoms with E-state index >= 15 is 0 Å². The molecule has 0 N–H and O–H groups in total. The van der Waals surface area contributed by atoms with E-state index < -0.39 is 11.0 Å². The van der Waals surface area contributed by atoms with Gasteiger partial charge >= 0.3 is 0 Å². The topological polar surface area (TPSA) is 9.72 Å². The summed E-state index contributed by atoms with van der Waals surface area (Å²) in [6, 6.07) is 80.4. The summed E-state index contributed by atoms with van der Waals surface area (Å²) in [6.07, 6.45) is 5.38. The summed E-state index contributed by atoms with van der Waals surface area (Å²) in [7, 11) is 0. The third kappa shape index (κ3) is 6.43. The average Bonchev–Trinajstić information content (AvgIpc) is 1.75. The fourth-order valence-electron chi connectivity index (χ4n) is 16.4. The molecule has 1 saturated carbocycles. The minimum absolute atomic E-state index is 0.135. The fourth-order valence-corrected chi connectivity index (χ4v) is 16.4. The first-order valence-electron chi connectivity index (χ1n) is 30.7. The van der Waals surface area contributed by atoms with Gasteiger partial charge in [-0.1, -0.05) is 243 Å². The van der Waals surface area contributed by atoms with Gasteiger partial charge in [-0.05, 0) is 145 Å². The summed E-state index contributed by atoms with van der Waals surface area (Å²) in [5.41, 5.74) is 24.1. The van der Waals surface area contributed by atoms with Gasteiger partial charge in [-0.3, -0.25) is 0 Å². The van der Waals surface area contributed by atoms with Gasteiger partial charge in [0, 0.05) is 50.5 Å². The molecule has 4 aliphatic heterocycles. The molecule has 3 nitrogen and oxygen atoms in total. The van der Waals surface area contributed by atoms with Crippen molar-refractivity contribution in [3.05, 3.63) is 269 Å². The Bertz CT molecular complexity index is 4320. The van der Waals surface area contributed by atoms with Crippen molar-refractivity contribution in [3.8, 4) is 22.3 Å². The summed E-state index contributed by atoms with van der Waals surface area (Å²) in [4.78, 5) is 7.56. The molecular weight excluding hydrogens is 978 g/mol. The number of para-hydroxylation sites is 3. The lowest BCUT2D eigenvalue weighted by atomic mass is 9.33. The van der Waals surface area contributed by atoms with E-state index in [2.05, 4.69) is 275 Å². The predicted octanol–water partition coefficient (Wildman–Crippen LogP) is 17.9. The fraction of sp³-hybridized carbons (Fsp3) is 0.221. The third-order valence-corrected chi connectivity index (χ3v) is 20.7. The van der Waals surface area contributed by atoms with Crippen molar-refractivity contribution < 1.29 is 2.74 Å². The lowest BCUT2D eigenvalue weighted by Gasteiger charge is -2.52. The first-order valence-corrected chi connectivity index (χ1v) is 29.7. The number of rotatable bonds is 5. The lowest BCUT2D eigenvalue weighted by Crippen LogP contribution is -2.62. The van der Waals surface area contributed by atoms with E-state index in [1.165, 1.54) is 66.6 Å². The average molecular weight is 1050 g/mol. The van der Waals surface area contributed by atoms with Crippen molar-refractivity contribution in [1.29, 1.82) is 0 Å². The van der Waals surface area contributed by atoms with Crippen molar-refractivity contribution in [2.75, 3.05) is 14.7 Å². The Morgan fingerprint density at radius 1 is 0.432 bits per heavy atom. The van der Waals surface area contributed by atoms with E-state index in [0.29, 0.717) is 17.8 Å². The van der Waals surface area contributed by atoms with E-state index in [1.807, 2.05) is 0 Å². The molecule has 16 rings (SSSR count). The summed E-state index contributed by atoms with van der Waals surface area (Å²) in [6.45, 7) is 16.2. The molecule has 0 radical (unpaired) electrons. The Morgan fingerprint density at radius 2 is 1.02 bits per heavy atom. The van der Waals surface area contributed by atoms with Crippen LogP contribution in [0.2, 0.25) is 0 Å². The minimum atomic E-state index is -0.650. The Kier molecular flexibility index (Phi) is 9.80. The number of hydrogen-bond acceptors (Lipinski definition) is 3. The van der Waals surface area contributed by atoms with Crippen LogP contribution in [0.25, 0.3) is 22.3 Å². The van der Waals surface area contributed by atoms with E-state index in [9.17, 15) is 2.74 Å². The van der Waals surface area contributed by atoms with Crippen LogP contribution in [0.1, 0.15) is 128 Å². The van der Waals surface area contributed by atoms with Gasteiger partial charge in [0.15, 0.2) is 0 Å². The molecule has 0 amide bonds. The van der Waals surface area contributed by atoms with Crippen molar-refractivity contribution in [3.63, 3.8) is 0 Å². The molecule has 2 unspecified atom stereocenters. The number of hydrogen-bond donors (Lipinski definition) is 0. The summed E-state index contributed by atoms with van der Waals surface area (Å²) in [5, 5.41) is 0. The molecule has 6 aliphatic rings. The molecule has 2 atom stereocenters. The molecule has 0 bridgehead atoms. The summed E-state index contributed by atoms with van der Waals surface area (Å²) < 4.78 is 23.1. The van der Waals surface area contributed by atoms with Gasteiger partial charge in [0.1, 0.15) is 0 Å². The molecule has 4 heterocycles. The largest absolute Gasteiger partial charge is 0.334 e. The van der Waals surface area contributed by atoms with Crippen LogP contribution in [-0.2, 0) is 21.7 Å². The zero-order valence-corrected chi connectivity index (χ0v) is 47.7. The monoisotopic (exact) mass is 1050 g/mol. The summed E-state index contributed by atoms with van der Waals surface area (Å²) in [5.74, 6) is 0. The molecule has 4 heteroatoms. The van der Waals surface area contributed by atoms with Crippen molar-refractivity contribution in [1.82, 2.24) is 0 Å². The highest BCUT2D eigenvalue weighted by molar-refractivity contribution is 7.00. The maximum atomic E-state index is 11.6. The van der Waals surface area contributed by atoms with Crippen LogP contribution >= 0.6 is 0 Å². The van der Waals surface area contributed by atoms with Crippen LogP contribution in [-0.4, -0.2) is 12.3 Å². The Morgan fingerprint density at radius 3 is 1.74 bits per heavy atom.